The Morgan fingerprint density at radius 2 is 1.88 bits per heavy atom. The number of halogens is 4. The zero-order chi connectivity index (χ0) is 31.7. The Hall–Kier alpha value is -3.20. The highest BCUT2D eigenvalue weighted by atomic mass is 35.5. The van der Waals surface area contributed by atoms with Gasteiger partial charge < -0.3 is 19.1 Å². The van der Waals surface area contributed by atoms with E-state index >= 15 is 4.39 Å². The van der Waals surface area contributed by atoms with E-state index in [0.717, 1.165) is 5.39 Å². The molecule has 43 heavy (non-hydrogen) atoms. The van der Waals surface area contributed by atoms with Crippen molar-refractivity contribution in [1.82, 2.24) is 14.6 Å². The molecule has 1 aliphatic heterocycles. The largest absolute Gasteiger partial charge is 0.462 e. The lowest BCUT2D eigenvalue weighted by molar-refractivity contribution is -0.192. The van der Waals surface area contributed by atoms with Gasteiger partial charge in [-0.3, -0.25) is 23.7 Å². The number of alkyl halides is 3. The summed E-state index contributed by atoms with van der Waals surface area (Å²) in [6.07, 6.45) is -11.0. The van der Waals surface area contributed by atoms with Gasteiger partial charge in [-0.05, 0) is 43.7 Å². The summed E-state index contributed by atoms with van der Waals surface area (Å²) in [6.45, 7) is 2.96. The highest BCUT2D eigenvalue weighted by molar-refractivity contribution is 7.52. The van der Waals surface area contributed by atoms with Crippen molar-refractivity contribution in [1.29, 1.82) is 0 Å². The number of benzene rings is 2. The van der Waals surface area contributed by atoms with E-state index < -0.39 is 79.3 Å². The quantitative estimate of drug-likeness (QED) is 0.207. The summed E-state index contributed by atoms with van der Waals surface area (Å²) >= 11 is 5.71. The lowest BCUT2D eigenvalue weighted by atomic mass is 9.97. The van der Waals surface area contributed by atoms with Gasteiger partial charge in [0, 0.05) is 6.20 Å². The zero-order valence-corrected chi connectivity index (χ0v) is 24.6. The molecule has 17 heteroatoms. The monoisotopic (exact) mass is 649 g/mol. The van der Waals surface area contributed by atoms with Gasteiger partial charge in [-0.1, -0.05) is 41.9 Å². The SMILES string of the molecule is CC(C)OC(=O)[C@H](C)NP(=O)(OC[C@@]1(C(F)F)O[C@@H](n2cc(Cl)c(=O)[nH]c2=O)[C@@H](F)[C@@H]1O)Oc1ccc2ccccc2c1. The lowest BCUT2D eigenvalue weighted by Gasteiger charge is -2.32. The van der Waals surface area contributed by atoms with Gasteiger partial charge in [0.2, 0.25) is 0 Å². The van der Waals surface area contributed by atoms with Crippen LogP contribution < -0.4 is 20.9 Å². The van der Waals surface area contributed by atoms with Crippen molar-refractivity contribution < 1.29 is 46.2 Å². The Kier molecular flexibility index (Phi) is 9.74. The maximum absolute atomic E-state index is 15.3. The number of ether oxygens (including phenoxy) is 2. The molecular weight excluding hydrogens is 622 g/mol. The fourth-order valence-corrected chi connectivity index (χ4v) is 5.95. The van der Waals surface area contributed by atoms with Crippen molar-refractivity contribution >= 4 is 36.1 Å². The number of H-pyrrole nitrogens is 1. The predicted octanol–water partition coefficient (Wildman–Crippen LogP) is 3.71. The number of aliphatic hydroxyl groups is 1. The van der Waals surface area contributed by atoms with Crippen molar-refractivity contribution in [2.45, 2.75) is 63.4 Å². The summed E-state index contributed by atoms with van der Waals surface area (Å²) in [7, 11) is -4.80. The molecule has 0 saturated carbocycles. The van der Waals surface area contributed by atoms with Crippen LogP contribution in [-0.2, 0) is 23.4 Å². The Labute approximate surface area is 247 Å². The number of hydrogen-bond donors (Lipinski definition) is 3. The van der Waals surface area contributed by atoms with Crippen molar-refractivity contribution in [3.8, 4) is 5.75 Å². The molecule has 3 N–H and O–H groups in total. The van der Waals surface area contributed by atoms with Crippen LogP contribution in [0.4, 0.5) is 13.2 Å². The van der Waals surface area contributed by atoms with Crippen LogP contribution in [0.15, 0.2) is 58.3 Å². The summed E-state index contributed by atoms with van der Waals surface area (Å²) in [5, 5.41) is 13.8. The topological polar surface area (TPSA) is 158 Å². The number of carbonyl (C=O) groups excluding carboxylic acids is 1. The van der Waals surface area contributed by atoms with Gasteiger partial charge >= 0.3 is 19.4 Å². The third kappa shape index (κ3) is 6.97. The standard InChI is InChI=1S/C26H28ClF3N3O9P/c1-13(2)40-23(36)14(3)32-43(38,42-17-9-8-15-6-4-5-7-16(15)10-17)39-12-26(24(29)30)20(34)19(28)22(41-26)33-11-18(27)21(35)31-25(33)37/h4-11,13-14,19-20,22,24,34H,12H2,1-3H3,(H,32,38)(H,31,35,37)/t14-,19-,20-,22+,26+,43?/m0/s1. The molecule has 2 aromatic carbocycles. The second-order valence-corrected chi connectivity index (χ2v) is 12.1. The van der Waals surface area contributed by atoms with Gasteiger partial charge in [-0.25, -0.2) is 22.5 Å². The van der Waals surface area contributed by atoms with Gasteiger partial charge in [0.1, 0.15) is 22.9 Å². The number of aromatic amines is 1. The highest BCUT2D eigenvalue weighted by Crippen LogP contribution is 2.50. The molecule has 4 rings (SSSR count). The first kappa shape index (κ1) is 32.7. The molecule has 0 amide bonds. The van der Waals surface area contributed by atoms with Gasteiger partial charge in [0.25, 0.3) is 12.0 Å². The number of carbonyl (C=O) groups is 1. The molecule has 1 unspecified atom stereocenters. The summed E-state index contributed by atoms with van der Waals surface area (Å²) in [5.74, 6) is -0.923. The molecule has 2 heterocycles. The fraction of sp³-hybridized carbons (Fsp3) is 0.423. The molecule has 1 aromatic heterocycles. The lowest BCUT2D eigenvalue weighted by Crippen LogP contribution is -2.52. The number of esters is 1. The van der Waals surface area contributed by atoms with Crippen molar-refractivity contribution in [3.63, 3.8) is 0 Å². The number of aliphatic hydroxyl groups excluding tert-OH is 1. The molecule has 0 bridgehead atoms. The molecule has 1 saturated heterocycles. The van der Waals surface area contributed by atoms with Crippen molar-refractivity contribution in [3.05, 3.63) is 74.5 Å². The summed E-state index contributed by atoms with van der Waals surface area (Å²) in [4.78, 5) is 38.1. The van der Waals surface area contributed by atoms with E-state index in [1.54, 1.807) is 49.2 Å². The number of hydrogen-bond acceptors (Lipinski definition) is 9. The third-order valence-electron chi connectivity index (χ3n) is 6.45. The maximum Gasteiger partial charge on any atom is 0.459 e. The van der Waals surface area contributed by atoms with E-state index in [1.165, 1.54) is 19.1 Å². The Bertz CT molecular complexity index is 1660. The highest BCUT2D eigenvalue weighted by Gasteiger charge is 2.62. The van der Waals surface area contributed by atoms with E-state index in [-0.39, 0.29) is 5.75 Å². The smallest absolute Gasteiger partial charge is 0.459 e. The second kappa shape index (κ2) is 12.8. The Morgan fingerprint density at radius 3 is 2.53 bits per heavy atom. The van der Waals surface area contributed by atoms with Crippen LogP contribution in [0, 0.1) is 0 Å². The van der Waals surface area contributed by atoms with E-state index in [1.807, 2.05) is 0 Å². The first-order chi connectivity index (χ1) is 20.2. The Morgan fingerprint density at radius 1 is 1.21 bits per heavy atom. The first-order valence-corrected chi connectivity index (χ1v) is 14.8. The molecule has 0 spiro atoms. The van der Waals surface area contributed by atoms with Gasteiger partial charge in [-0.15, -0.1) is 0 Å². The van der Waals surface area contributed by atoms with Crippen LogP contribution in [0.2, 0.25) is 5.02 Å². The number of fused-ring (bicyclic) bond motifs is 1. The second-order valence-electron chi connectivity index (χ2n) is 10.0. The molecule has 0 radical (unpaired) electrons. The summed E-state index contributed by atoms with van der Waals surface area (Å²) in [6, 6.07) is 10.2. The van der Waals surface area contributed by atoms with E-state index in [0.29, 0.717) is 16.2 Å². The van der Waals surface area contributed by atoms with E-state index in [4.69, 9.17) is 30.1 Å². The minimum atomic E-state index is -4.80. The van der Waals surface area contributed by atoms with Crippen LogP contribution in [0.1, 0.15) is 27.0 Å². The average molecular weight is 650 g/mol. The number of aromatic nitrogens is 2. The van der Waals surface area contributed by atoms with Crippen LogP contribution in [0.25, 0.3) is 10.8 Å². The van der Waals surface area contributed by atoms with Crippen molar-refractivity contribution in [2.24, 2.45) is 0 Å². The third-order valence-corrected chi connectivity index (χ3v) is 8.34. The number of nitrogens with zero attached hydrogens (tertiary/aromatic N) is 1. The predicted molar refractivity (Wildman–Crippen MR) is 148 cm³/mol. The summed E-state index contributed by atoms with van der Waals surface area (Å²) in [5.41, 5.74) is -5.48. The zero-order valence-electron chi connectivity index (χ0n) is 22.9. The van der Waals surface area contributed by atoms with Gasteiger partial charge in [-0.2, -0.15) is 5.09 Å². The minimum absolute atomic E-state index is 0.0476. The average Bonchev–Trinajstić information content (AvgIpc) is 3.19. The molecule has 3 aromatic rings. The fourth-order valence-electron chi connectivity index (χ4n) is 4.27. The van der Waals surface area contributed by atoms with Crippen LogP contribution >= 0.6 is 19.3 Å². The minimum Gasteiger partial charge on any atom is -0.462 e. The maximum atomic E-state index is 15.3. The van der Waals surface area contributed by atoms with E-state index in [2.05, 4.69) is 5.09 Å². The van der Waals surface area contributed by atoms with Crippen molar-refractivity contribution in [2.75, 3.05) is 6.61 Å². The molecular formula is C26H28ClF3N3O9P. The molecule has 1 fully saturated rings. The van der Waals surface area contributed by atoms with Crippen LogP contribution in [0.3, 0.4) is 0 Å². The Balaban J connectivity index is 1.66. The molecule has 234 valence electrons. The number of rotatable bonds is 11. The van der Waals surface area contributed by atoms with E-state index in [9.17, 15) is 32.8 Å². The van der Waals surface area contributed by atoms with Crippen LogP contribution in [-0.4, -0.2) is 63.7 Å². The molecule has 1 aliphatic rings. The number of nitrogens with one attached hydrogen (secondary N) is 2. The molecule has 0 aliphatic carbocycles. The molecule has 6 atom stereocenters. The summed E-state index contributed by atoms with van der Waals surface area (Å²) < 4.78 is 79.8. The van der Waals surface area contributed by atoms with Crippen LogP contribution in [0.5, 0.6) is 5.75 Å². The van der Waals surface area contributed by atoms with Gasteiger partial charge in [0.15, 0.2) is 18.0 Å². The van der Waals surface area contributed by atoms with Gasteiger partial charge in [0.05, 0.1) is 12.7 Å². The first-order valence-electron chi connectivity index (χ1n) is 12.9. The normalized spacial score (nSPS) is 24.3. The molecule has 12 nitrogen and oxygen atoms in total.